The van der Waals surface area contributed by atoms with E-state index in [1.165, 1.54) is 14.7 Å². The van der Waals surface area contributed by atoms with Crippen LogP contribution in [-0.4, -0.2) is 0 Å². The first-order valence-electron chi connectivity index (χ1n) is 3.75. The predicted molar refractivity (Wildman–Crippen MR) is 59.8 cm³/mol. The molecule has 0 bridgehead atoms. The van der Waals surface area contributed by atoms with Crippen molar-refractivity contribution in [2.45, 2.75) is 0 Å². The summed E-state index contributed by atoms with van der Waals surface area (Å²) in [6, 6.07) is 8.42. The molecular formula is C11H7I. The maximum atomic E-state index is 3.18. The third-order valence-electron chi connectivity index (χ3n) is 1.73. The van der Waals surface area contributed by atoms with E-state index in [2.05, 4.69) is 58.7 Å². The molecule has 1 heteroatoms. The molecule has 0 spiro atoms. The highest BCUT2D eigenvalue weighted by molar-refractivity contribution is 14.1. The smallest absolute Gasteiger partial charge is 0.0237 e. The highest BCUT2D eigenvalue weighted by atomic mass is 127. The van der Waals surface area contributed by atoms with Gasteiger partial charge in [0.1, 0.15) is 0 Å². The molecule has 0 saturated heterocycles. The fraction of sp³-hybridized carbons (Fsp3) is 0. The average Bonchev–Trinajstić information content (AvgIpc) is 2.56. The quantitative estimate of drug-likeness (QED) is 0.540. The van der Waals surface area contributed by atoms with Gasteiger partial charge in [-0.2, -0.15) is 0 Å². The lowest BCUT2D eigenvalue weighted by Gasteiger charge is -1.97. The summed E-state index contributed by atoms with van der Waals surface area (Å²) in [6.07, 6.45) is 6.02. The van der Waals surface area contributed by atoms with Crippen molar-refractivity contribution in [2.75, 3.05) is 0 Å². The van der Waals surface area contributed by atoms with Crippen LogP contribution in [0.15, 0.2) is 48.2 Å². The molecule has 0 nitrogen and oxygen atoms in total. The normalized spacial score (nSPS) is 13.6. The number of rotatable bonds is 1. The first kappa shape index (κ1) is 7.84. The lowest BCUT2D eigenvalue weighted by atomic mass is 10.1. The molecule has 12 heavy (non-hydrogen) atoms. The Morgan fingerprint density at radius 1 is 1.25 bits per heavy atom. The van der Waals surface area contributed by atoms with Gasteiger partial charge in [0.2, 0.25) is 0 Å². The lowest BCUT2D eigenvalue weighted by molar-refractivity contribution is 1.58. The van der Waals surface area contributed by atoms with Crippen LogP contribution in [0.4, 0.5) is 0 Å². The minimum absolute atomic E-state index is 1.17. The van der Waals surface area contributed by atoms with Gasteiger partial charge in [0, 0.05) is 9.14 Å². The second-order valence-electron chi connectivity index (χ2n) is 2.59. The summed E-state index contributed by atoms with van der Waals surface area (Å²) in [4.78, 5) is 0. The summed E-state index contributed by atoms with van der Waals surface area (Å²) in [7, 11) is 0. The van der Waals surface area contributed by atoms with Crippen LogP contribution < -0.4 is 0 Å². The van der Waals surface area contributed by atoms with E-state index in [9.17, 15) is 0 Å². The van der Waals surface area contributed by atoms with Gasteiger partial charge in [0.25, 0.3) is 0 Å². The van der Waals surface area contributed by atoms with Crippen LogP contribution in [0.5, 0.6) is 0 Å². The minimum Gasteiger partial charge on any atom is -0.112 e. The molecule has 1 aliphatic rings. The van der Waals surface area contributed by atoms with Gasteiger partial charge in [-0.3, -0.25) is 0 Å². The van der Waals surface area contributed by atoms with E-state index in [0.717, 1.165) is 0 Å². The standard InChI is InChI=1S/C11H7I/c12-11-7-3-6-10(8-11)9-4-1-2-5-9/h1-4,6-8H. The zero-order chi connectivity index (χ0) is 8.39. The van der Waals surface area contributed by atoms with Gasteiger partial charge in [0.05, 0.1) is 0 Å². The molecule has 0 radical (unpaired) electrons. The fourth-order valence-electron chi connectivity index (χ4n) is 1.17. The Kier molecular flexibility index (Phi) is 2.15. The SMILES string of the molecule is Ic1cccc(C2=C=CC=C2)c1. The maximum Gasteiger partial charge on any atom is 0.0237 e. The molecule has 0 amide bonds. The molecular weight excluding hydrogens is 259 g/mol. The van der Waals surface area contributed by atoms with Crippen LogP contribution in [0.1, 0.15) is 5.56 Å². The average molecular weight is 266 g/mol. The van der Waals surface area contributed by atoms with Crippen LogP contribution in [0.3, 0.4) is 0 Å². The van der Waals surface area contributed by atoms with Crippen molar-refractivity contribution in [1.29, 1.82) is 0 Å². The van der Waals surface area contributed by atoms with E-state index in [1.807, 2.05) is 12.2 Å². The first-order valence-corrected chi connectivity index (χ1v) is 4.83. The van der Waals surface area contributed by atoms with E-state index in [0.29, 0.717) is 0 Å². The summed E-state index contributed by atoms with van der Waals surface area (Å²) >= 11 is 2.32. The monoisotopic (exact) mass is 266 g/mol. The number of allylic oxidation sites excluding steroid dienone is 3. The highest BCUT2D eigenvalue weighted by Gasteiger charge is 1.98. The van der Waals surface area contributed by atoms with Crippen LogP contribution in [0.25, 0.3) is 5.57 Å². The molecule has 0 saturated carbocycles. The summed E-state index contributed by atoms with van der Waals surface area (Å²) < 4.78 is 1.26. The zero-order valence-electron chi connectivity index (χ0n) is 6.42. The Hall–Kier alpha value is -0.790. The van der Waals surface area contributed by atoms with Crippen molar-refractivity contribution in [3.05, 3.63) is 57.4 Å². The third kappa shape index (κ3) is 1.52. The third-order valence-corrected chi connectivity index (χ3v) is 2.40. The van der Waals surface area contributed by atoms with E-state index in [1.54, 1.807) is 0 Å². The molecule has 1 aromatic carbocycles. The first-order chi connectivity index (χ1) is 5.86. The Morgan fingerprint density at radius 2 is 2.17 bits per heavy atom. The Morgan fingerprint density at radius 3 is 2.83 bits per heavy atom. The van der Waals surface area contributed by atoms with E-state index >= 15 is 0 Å². The van der Waals surface area contributed by atoms with Crippen molar-refractivity contribution in [3.63, 3.8) is 0 Å². The molecule has 0 aliphatic heterocycles. The van der Waals surface area contributed by atoms with E-state index in [4.69, 9.17) is 0 Å². The van der Waals surface area contributed by atoms with Gasteiger partial charge in [0.15, 0.2) is 0 Å². The Bertz CT molecular complexity index is 393. The Balaban J connectivity index is 2.48. The number of halogens is 1. The number of hydrogen-bond acceptors (Lipinski definition) is 0. The van der Waals surface area contributed by atoms with Gasteiger partial charge in [-0.1, -0.05) is 18.2 Å². The summed E-state index contributed by atoms with van der Waals surface area (Å²) in [5, 5.41) is 0. The summed E-state index contributed by atoms with van der Waals surface area (Å²) in [5.74, 6) is 0. The van der Waals surface area contributed by atoms with Crippen molar-refractivity contribution in [3.8, 4) is 0 Å². The molecule has 0 unspecified atom stereocenters. The summed E-state index contributed by atoms with van der Waals surface area (Å²) in [6.45, 7) is 0. The van der Waals surface area contributed by atoms with Crippen molar-refractivity contribution in [1.82, 2.24) is 0 Å². The molecule has 1 aliphatic carbocycles. The number of benzene rings is 1. The van der Waals surface area contributed by atoms with Gasteiger partial charge >= 0.3 is 0 Å². The molecule has 0 atom stereocenters. The van der Waals surface area contributed by atoms with E-state index < -0.39 is 0 Å². The van der Waals surface area contributed by atoms with Crippen LogP contribution >= 0.6 is 22.6 Å². The van der Waals surface area contributed by atoms with Crippen molar-refractivity contribution >= 4 is 28.2 Å². The zero-order valence-corrected chi connectivity index (χ0v) is 8.58. The topological polar surface area (TPSA) is 0 Å². The van der Waals surface area contributed by atoms with Crippen molar-refractivity contribution < 1.29 is 0 Å². The Labute approximate surface area is 85.4 Å². The van der Waals surface area contributed by atoms with Crippen molar-refractivity contribution in [2.24, 2.45) is 0 Å². The van der Waals surface area contributed by atoms with Gasteiger partial charge in [-0.25, -0.2) is 0 Å². The molecule has 0 aromatic heterocycles. The summed E-state index contributed by atoms with van der Waals surface area (Å²) in [5.41, 5.74) is 5.59. The highest BCUT2D eigenvalue weighted by Crippen LogP contribution is 2.19. The molecule has 58 valence electrons. The molecule has 2 rings (SSSR count). The molecule has 0 heterocycles. The number of hydrogen-bond donors (Lipinski definition) is 0. The second kappa shape index (κ2) is 3.30. The fourth-order valence-corrected chi connectivity index (χ4v) is 1.71. The van der Waals surface area contributed by atoms with Gasteiger partial charge in [-0.05, 0) is 52.4 Å². The molecule has 0 N–H and O–H groups in total. The molecule has 0 fully saturated rings. The van der Waals surface area contributed by atoms with E-state index in [-0.39, 0.29) is 0 Å². The molecule has 1 aromatic rings. The minimum atomic E-state index is 1.17. The lowest BCUT2D eigenvalue weighted by Crippen LogP contribution is -1.78. The van der Waals surface area contributed by atoms with Gasteiger partial charge in [-0.15, -0.1) is 5.73 Å². The predicted octanol–water partition coefficient (Wildman–Crippen LogP) is 3.40. The largest absolute Gasteiger partial charge is 0.112 e. The maximum absolute atomic E-state index is 3.18. The van der Waals surface area contributed by atoms with Crippen LogP contribution in [0.2, 0.25) is 0 Å². The van der Waals surface area contributed by atoms with Crippen LogP contribution in [0, 0.1) is 3.57 Å². The second-order valence-corrected chi connectivity index (χ2v) is 3.84. The van der Waals surface area contributed by atoms with Gasteiger partial charge < -0.3 is 0 Å². The van der Waals surface area contributed by atoms with Crippen LogP contribution in [-0.2, 0) is 0 Å².